The van der Waals surface area contributed by atoms with Crippen LogP contribution in [-0.4, -0.2) is 42.4 Å². The Bertz CT molecular complexity index is 1150. The molecule has 4 rings (SSSR count). The van der Waals surface area contributed by atoms with Crippen molar-refractivity contribution in [2.24, 2.45) is 11.8 Å². The van der Waals surface area contributed by atoms with Crippen molar-refractivity contribution in [1.29, 1.82) is 0 Å². The fourth-order valence-electron chi connectivity index (χ4n) is 4.99. The number of sulfonamides is 1. The van der Waals surface area contributed by atoms with Crippen molar-refractivity contribution in [1.82, 2.24) is 14.7 Å². The van der Waals surface area contributed by atoms with Crippen LogP contribution < -0.4 is 14.9 Å². The summed E-state index contributed by atoms with van der Waals surface area (Å²) in [5.41, 5.74) is 0.0404. The summed E-state index contributed by atoms with van der Waals surface area (Å²) in [4.78, 5) is 24.0. The SMILES string of the molecule is CC1CCCCC1Nc1cccc(S(=O)(=O)NC(=O)c2cccnc2N2CCC(C)C2(C)C)n1. The molecule has 184 valence electrons. The van der Waals surface area contributed by atoms with E-state index < -0.39 is 15.9 Å². The molecule has 1 aliphatic heterocycles. The highest BCUT2D eigenvalue weighted by molar-refractivity contribution is 7.90. The molecule has 1 saturated carbocycles. The van der Waals surface area contributed by atoms with Crippen LogP contribution in [0.2, 0.25) is 0 Å². The Morgan fingerprint density at radius 3 is 2.56 bits per heavy atom. The number of hydrogen-bond donors (Lipinski definition) is 2. The third-order valence-corrected chi connectivity index (χ3v) is 8.88. The monoisotopic (exact) mass is 485 g/mol. The molecule has 0 aromatic carbocycles. The van der Waals surface area contributed by atoms with Gasteiger partial charge in [-0.05, 0) is 69.2 Å². The molecule has 2 aromatic rings. The summed E-state index contributed by atoms with van der Waals surface area (Å²) in [6, 6.07) is 8.33. The van der Waals surface area contributed by atoms with Gasteiger partial charge in [-0.1, -0.05) is 32.8 Å². The Labute approximate surface area is 202 Å². The second-order valence-electron chi connectivity index (χ2n) is 10.2. The van der Waals surface area contributed by atoms with Crippen LogP contribution in [0.15, 0.2) is 41.6 Å². The van der Waals surface area contributed by atoms with E-state index in [9.17, 15) is 13.2 Å². The van der Waals surface area contributed by atoms with Gasteiger partial charge < -0.3 is 10.2 Å². The predicted octanol–water partition coefficient (Wildman–Crippen LogP) is 4.21. The standard InChI is InChI=1S/C25H35N5O3S/c1-17-9-5-6-11-20(17)27-21-12-7-13-22(28-21)34(32,33)29-24(31)19-10-8-15-26-23(19)30-16-14-18(2)25(30,3)4/h7-8,10,12-13,15,17-18,20H,5-6,9,11,14,16H2,1-4H3,(H,27,28)(H,29,31). The Morgan fingerprint density at radius 1 is 1.09 bits per heavy atom. The minimum atomic E-state index is -4.16. The van der Waals surface area contributed by atoms with Crippen LogP contribution in [0, 0.1) is 11.8 Å². The molecule has 9 heteroatoms. The first-order valence-electron chi connectivity index (χ1n) is 12.1. The van der Waals surface area contributed by atoms with Gasteiger partial charge in [0.1, 0.15) is 11.6 Å². The smallest absolute Gasteiger partial charge is 0.281 e. The van der Waals surface area contributed by atoms with Crippen LogP contribution >= 0.6 is 0 Å². The van der Waals surface area contributed by atoms with E-state index in [0.29, 0.717) is 23.5 Å². The van der Waals surface area contributed by atoms with Crippen LogP contribution in [0.4, 0.5) is 11.6 Å². The summed E-state index contributed by atoms with van der Waals surface area (Å²) in [6.07, 6.45) is 7.15. The van der Waals surface area contributed by atoms with Crippen molar-refractivity contribution in [3.63, 3.8) is 0 Å². The van der Waals surface area contributed by atoms with Gasteiger partial charge in [-0.15, -0.1) is 0 Å². The van der Waals surface area contributed by atoms with Gasteiger partial charge in [0.25, 0.3) is 15.9 Å². The van der Waals surface area contributed by atoms with Crippen molar-refractivity contribution in [3.8, 4) is 0 Å². The fourth-order valence-corrected chi connectivity index (χ4v) is 5.93. The molecule has 34 heavy (non-hydrogen) atoms. The molecular formula is C25H35N5O3S. The first-order chi connectivity index (χ1) is 16.1. The molecule has 1 aliphatic carbocycles. The van der Waals surface area contributed by atoms with Gasteiger partial charge in [-0.25, -0.2) is 14.7 Å². The number of carbonyl (C=O) groups is 1. The van der Waals surface area contributed by atoms with E-state index in [-0.39, 0.29) is 22.2 Å². The zero-order valence-electron chi connectivity index (χ0n) is 20.4. The highest BCUT2D eigenvalue weighted by atomic mass is 32.2. The average molecular weight is 486 g/mol. The maximum Gasteiger partial charge on any atom is 0.281 e. The normalized spacial score (nSPS) is 24.6. The summed E-state index contributed by atoms with van der Waals surface area (Å²) < 4.78 is 28.4. The Hall–Kier alpha value is -2.68. The lowest BCUT2D eigenvalue weighted by Crippen LogP contribution is -2.43. The number of hydrogen-bond acceptors (Lipinski definition) is 7. The summed E-state index contributed by atoms with van der Waals surface area (Å²) in [5, 5.41) is 3.20. The molecule has 2 N–H and O–H groups in total. The zero-order chi connectivity index (χ0) is 24.5. The lowest BCUT2D eigenvalue weighted by Gasteiger charge is -2.36. The van der Waals surface area contributed by atoms with Crippen molar-refractivity contribution in [2.75, 3.05) is 16.8 Å². The van der Waals surface area contributed by atoms with Gasteiger partial charge in [0.2, 0.25) is 0 Å². The third-order valence-electron chi connectivity index (χ3n) is 7.65. The summed E-state index contributed by atoms with van der Waals surface area (Å²) in [6.45, 7) is 9.37. The van der Waals surface area contributed by atoms with E-state index in [1.165, 1.54) is 12.5 Å². The Kier molecular flexibility index (Phi) is 6.85. The molecule has 2 fully saturated rings. The number of carbonyl (C=O) groups excluding carboxylic acids is 1. The van der Waals surface area contributed by atoms with Crippen LogP contribution in [0.25, 0.3) is 0 Å². The third kappa shape index (κ3) is 4.89. The molecular weight excluding hydrogens is 450 g/mol. The lowest BCUT2D eigenvalue weighted by atomic mass is 9.86. The van der Waals surface area contributed by atoms with Crippen LogP contribution in [0.1, 0.15) is 70.2 Å². The van der Waals surface area contributed by atoms with Crippen molar-refractivity contribution >= 4 is 27.6 Å². The number of nitrogens with zero attached hydrogens (tertiary/aromatic N) is 3. The maximum atomic E-state index is 13.1. The molecule has 8 nitrogen and oxygen atoms in total. The second-order valence-corrected chi connectivity index (χ2v) is 11.8. The van der Waals surface area contributed by atoms with E-state index in [0.717, 1.165) is 32.2 Å². The van der Waals surface area contributed by atoms with Crippen molar-refractivity contribution < 1.29 is 13.2 Å². The van der Waals surface area contributed by atoms with Crippen LogP contribution in [0.3, 0.4) is 0 Å². The Balaban J connectivity index is 1.54. The predicted molar refractivity (Wildman–Crippen MR) is 133 cm³/mol. The molecule has 3 atom stereocenters. The molecule has 3 heterocycles. The highest BCUT2D eigenvalue weighted by Gasteiger charge is 2.40. The lowest BCUT2D eigenvalue weighted by molar-refractivity contribution is 0.0981. The van der Waals surface area contributed by atoms with E-state index >= 15 is 0 Å². The Morgan fingerprint density at radius 2 is 1.85 bits per heavy atom. The molecule has 0 spiro atoms. The van der Waals surface area contributed by atoms with Gasteiger partial charge in [-0.3, -0.25) is 4.79 Å². The number of aromatic nitrogens is 2. The maximum absolute atomic E-state index is 13.1. The number of anilines is 2. The molecule has 2 aromatic heterocycles. The molecule has 0 radical (unpaired) electrons. The largest absolute Gasteiger partial charge is 0.367 e. The summed E-state index contributed by atoms with van der Waals surface area (Å²) in [7, 11) is -4.16. The quantitative estimate of drug-likeness (QED) is 0.631. The number of nitrogens with one attached hydrogen (secondary N) is 2. The summed E-state index contributed by atoms with van der Waals surface area (Å²) in [5.74, 6) is 1.21. The number of pyridine rings is 2. The van der Waals surface area contributed by atoms with Crippen LogP contribution in [0.5, 0.6) is 0 Å². The van der Waals surface area contributed by atoms with Gasteiger partial charge in [0.15, 0.2) is 5.03 Å². The molecule has 2 aliphatic rings. The molecule has 0 bridgehead atoms. The van der Waals surface area contributed by atoms with Crippen molar-refractivity contribution in [3.05, 3.63) is 42.1 Å². The van der Waals surface area contributed by atoms with Gasteiger partial charge in [0, 0.05) is 24.3 Å². The van der Waals surface area contributed by atoms with E-state index in [4.69, 9.17) is 0 Å². The molecule has 1 saturated heterocycles. The minimum Gasteiger partial charge on any atom is -0.367 e. The highest BCUT2D eigenvalue weighted by Crippen LogP contribution is 2.38. The van der Waals surface area contributed by atoms with Crippen LogP contribution in [-0.2, 0) is 10.0 Å². The number of rotatable bonds is 6. The molecule has 3 unspecified atom stereocenters. The van der Waals surface area contributed by atoms with Crippen molar-refractivity contribution in [2.45, 2.75) is 76.4 Å². The fraction of sp³-hybridized carbons (Fsp3) is 0.560. The first-order valence-corrected chi connectivity index (χ1v) is 13.6. The zero-order valence-corrected chi connectivity index (χ0v) is 21.2. The van der Waals surface area contributed by atoms with Gasteiger partial charge in [-0.2, -0.15) is 8.42 Å². The van der Waals surface area contributed by atoms with Gasteiger partial charge >= 0.3 is 0 Å². The first kappa shape index (κ1) is 24.4. The summed E-state index contributed by atoms with van der Waals surface area (Å²) >= 11 is 0. The second kappa shape index (κ2) is 9.52. The van der Waals surface area contributed by atoms with E-state index in [2.05, 4.69) is 52.6 Å². The topological polar surface area (TPSA) is 104 Å². The average Bonchev–Trinajstić information content (AvgIpc) is 3.07. The van der Waals surface area contributed by atoms with E-state index in [1.807, 2.05) is 0 Å². The van der Waals surface area contributed by atoms with Gasteiger partial charge in [0.05, 0.1) is 5.56 Å². The number of amides is 1. The molecule has 1 amide bonds. The minimum absolute atomic E-state index is 0.185. The van der Waals surface area contributed by atoms with E-state index in [1.54, 1.807) is 30.5 Å².